The van der Waals surface area contributed by atoms with Gasteiger partial charge >= 0.3 is 0 Å². The lowest BCUT2D eigenvalue weighted by atomic mass is 10.1. The van der Waals surface area contributed by atoms with Crippen LogP contribution >= 0.6 is 0 Å². The molecule has 0 aliphatic carbocycles. The van der Waals surface area contributed by atoms with Crippen molar-refractivity contribution in [2.45, 2.75) is 19.8 Å². The standard InChI is InChI=1S/C9H10N2O/c1-6(2)9-8(12)4-3-7(5-10)11-9/h3-4,6,12H,1-2H3. The van der Waals surface area contributed by atoms with Crippen LogP contribution in [-0.2, 0) is 0 Å². The van der Waals surface area contributed by atoms with Gasteiger partial charge in [0.05, 0.1) is 5.69 Å². The molecule has 1 N–H and O–H groups in total. The molecule has 1 aromatic heterocycles. The highest BCUT2D eigenvalue weighted by Crippen LogP contribution is 2.22. The minimum atomic E-state index is 0.137. The summed E-state index contributed by atoms with van der Waals surface area (Å²) >= 11 is 0. The fraction of sp³-hybridized carbons (Fsp3) is 0.333. The van der Waals surface area contributed by atoms with Crippen molar-refractivity contribution in [3.05, 3.63) is 23.5 Å². The summed E-state index contributed by atoms with van der Waals surface area (Å²) < 4.78 is 0. The largest absolute Gasteiger partial charge is 0.506 e. The molecule has 1 aromatic rings. The van der Waals surface area contributed by atoms with E-state index in [0.29, 0.717) is 11.4 Å². The Kier molecular flexibility index (Phi) is 2.29. The Balaban J connectivity index is 3.19. The summed E-state index contributed by atoms with van der Waals surface area (Å²) in [7, 11) is 0. The second kappa shape index (κ2) is 3.22. The summed E-state index contributed by atoms with van der Waals surface area (Å²) in [6.45, 7) is 3.84. The molecule has 0 saturated carbocycles. The lowest BCUT2D eigenvalue weighted by molar-refractivity contribution is 0.460. The zero-order chi connectivity index (χ0) is 9.14. The molecule has 0 aliphatic heterocycles. The van der Waals surface area contributed by atoms with Gasteiger partial charge in [-0.15, -0.1) is 0 Å². The molecule has 0 atom stereocenters. The van der Waals surface area contributed by atoms with Gasteiger partial charge in [-0.2, -0.15) is 5.26 Å². The van der Waals surface area contributed by atoms with Crippen LogP contribution in [0.4, 0.5) is 0 Å². The van der Waals surface area contributed by atoms with Crippen LogP contribution in [0.1, 0.15) is 31.2 Å². The molecule has 0 saturated heterocycles. The maximum Gasteiger partial charge on any atom is 0.141 e. The van der Waals surface area contributed by atoms with Crippen molar-refractivity contribution >= 4 is 0 Å². The fourth-order valence-electron chi connectivity index (χ4n) is 0.955. The topological polar surface area (TPSA) is 56.9 Å². The zero-order valence-electron chi connectivity index (χ0n) is 7.07. The summed E-state index contributed by atoms with van der Waals surface area (Å²) in [6, 6.07) is 4.93. The first-order valence-corrected chi connectivity index (χ1v) is 3.75. The summed E-state index contributed by atoms with van der Waals surface area (Å²) in [6.07, 6.45) is 0. The number of aromatic nitrogens is 1. The third-order valence-electron chi connectivity index (χ3n) is 1.56. The first-order chi connectivity index (χ1) is 5.65. The molecule has 0 aliphatic rings. The Bertz CT molecular complexity index is 326. The van der Waals surface area contributed by atoms with E-state index in [9.17, 15) is 5.11 Å². The van der Waals surface area contributed by atoms with Crippen molar-refractivity contribution < 1.29 is 5.11 Å². The Morgan fingerprint density at radius 2 is 2.17 bits per heavy atom. The normalized spacial score (nSPS) is 9.83. The Labute approximate surface area is 71.3 Å². The number of hydrogen-bond acceptors (Lipinski definition) is 3. The van der Waals surface area contributed by atoms with Crippen LogP contribution < -0.4 is 0 Å². The number of nitriles is 1. The van der Waals surface area contributed by atoms with Crippen LogP contribution in [0.15, 0.2) is 12.1 Å². The molecule has 0 aromatic carbocycles. The summed E-state index contributed by atoms with van der Waals surface area (Å²) in [4.78, 5) is 3.98. The quantitative estimate of drug-likeness (QED) is 0.684. The maximum atomic E-state index is 9.33. The number of rotatable bonds is 1. The second-order valence-corrected chi connectivity index (χ2v) is 2.87. The van der Waals surface area contributed by atoms with E-state index in [1.54, 1.807) is 0 Å². The smallest absolute Gasteiger partial charge is 0.141 e. The van der Waals surface area contributed by atoms with Crippen molar-refractivity contribution in [3.8, 4) is 11.8 Å². The third kappa shape index (κ3) is 1.54. The number of aromatic hydroxyl groups is 1. The van der Waals surface area contributed by atoms with E-state index in [0.717, 1.165) is 0 Å². The van der Waals surface area contributed by atoms with Gasteiger partial charge in [0.15, 0.2) is 0 Å². The average Bonchev–Trinajstić information content (AvgIpc) is 2.05. The molecule has 3 nitrogen and oxygen atoms in total. The van der Waals surface area contributed by atoms with Crippen molar-refractivity contribution in [2.75, 3.05) is 0 Å². The first kappa shape index (κ1) is 8.54. The van der Waals surface area contributed by atoms with Gasteiger partial charge in [-0.05, 0) is 18.1 Å². The number of pyridine rings is 1. The third-order valence-corrected chi connectivity index (χ3v) is 1.56. The molecule has 1 heterocycles. The van der Waals surface area contributed by atoms with E-state index in [1.165, 1.54) is 12.1 Å². The maximum absolute atomic E-state index is 9.33. The predicted octanol–water partition coefficient (Wildman–Crippen LogP) is 1.78. The molecule has 0 spiro atoms. The predicted molar refractivity (Wildman–Crippen MR) is 44.7 cm³/mol. The Morgan fingerprint density at radius 3 is 2.67 bits per heavy atom. The Morgan fingerprint density at radius 1 is 1.50 bits per heavy atom. The van der Waals surface area contributed by atoms with Crippen molar-refractivity contribution in [3.63, 3.8) is 0 Å². The SMILES string of the molecule is CC(C)c1nc(C#N)ccc1O. The highest BCUT2D eigenvalue weighted by molar-refractivity contribution is 5.33. The fourth-order valence-corrected chi connectivity index (χ4v) is 0.955. The molecule has 62 valence electrons. The summed E-state index contributed by atoms with van der Waals surface area (Å²) in [5, 5.41) is 17.9. The van der Waals surface area contributed by atoms with E-state index in [1.807, 2.05) is 19.9 Å². The van der Waals surface area contributed by atoms with E-state index in [2.05, 4.69) is 4.98 Å². The molecular formula is C9H10N2O. The monoisotopic (exact) mass is 162 g/mol. The highest BCUT2D eigenvalue weighted by Gasteiger charge is 2.07. The minimum Gasteiger partial charge on any atom is -0.506 e. The molecule has 0 radical (unpaired) electrons. The van der Waals surface area contributed by atoms with Crippen molar-refractivity contribution in [1.82, 2.24) is 4.98 Å². The molecule has 0 fully saturated rings. The van der Waals surface area contributed by atoms with Gasteiger partial charge in [-0.3, -0.25) is 0 Å². The van der Waals surface area contributed by atoms with Gasteiger partial charge in [0, 0.05) is 0 Å². The van der Waals surface area contributed by atoms with Crippen molar-refractivity contribution in [2.24, 2.45) is 0 Å². The van der Waals surface area contributed by atoms with Crippen LogP contribution in [0.3, 0.4) is 0 Å². The molecule has 0 amide bonds. The summed E-state index contributed by atoms with van der Waals surface area (Å²) in [5.41, 5.74) is 0.922. The molecule has 3 heteroatoms. The van der Waals surface area contributed by atoms with E-state index in [-0.39, 0.29) is 11.7 Å². The van der Waals surface area contributed by atoms with E-state index < -0.39 is 0 Å². The van der Waals surface area contributed by atoms with Gasteiger partial charge in [0.2, 0.25) is 0 Å². The lowest BCUT2D eigenvalue weighted by Crippen LogP contribution is -1.95. The summed E-state index contributed by atoms with van der Waals surface area (Å²) in [5.74, 6) is 0.294. The number of hydrogen-bond donors (Lipinski definition) is 1. The van der Waals surface area contributed by atoms with Crippen molar-refractivity contribution in [1.29, 1.82) is 5.26 Å². The average molecular weight is 162 g/mol. The van der Waals surface area contributed by atoms with Crippen LogP contribution in [0.25, 0.3) is 0 Å². The Hall–Kier alpha value is -1.56. The molecule has 0 bridgehead atoms. The van der Waals surface area contributed by atoms with E-state index >= 15 is 0 Å². The molecule has 12 heavy (non-hydrogen) atoms. The van der Waals surface area contributed by atoms with Gasteiger partial charge in [-0.25, -0.2) is 4.98 Å². The van der Waals surface area contributed by atoms with Crippen LogP contribution in [0.5, 0.6) is 5.75 Å². The van der Waals surface area contributed by atoms with E-state index in [4.69, 9.17) is 5.26 Å². The highest BCUT2D eigenvalue weighted by atomic mass is 16.3. The van der Waals surface area contributed by atoms with Gasteiger partial charge in [0.1, 0.15) is 17.5 Å². The minimum absolute atomic E-state index is 0.137. The van der Waals surface area contributed by atoms with Crippen LogP contribution in [-0.4, -0.2) is 10.1 Å². The van der Waals surface area contributed by atoms with Gasteiger partial charge in [-0.1, -0.05) is 13.8 Å². The van der Waals surface area contributed by atoms with Gasteiger partial charge < -0.3 is 5.11 Å². The van der Waals surface area contributed by atoms with Crippen LogP contribution in [0, 0.1) is 11.3 Å². The van der Waals surface area contributed by atoms with Gasteiger partial charge in [0.25, 0.3) is 0 Å². The second-order valence-electron chi connectivity index (χ2n) is 2.87. The van der Waals surface area contributed by atoms with Crippen LogP contribution in [0.2, 0.25) is 0 Å². The zero-order valence-corrected chi connectivity index (χ0v) is 7.07. The molecular weight excluding hydrogens is 152 g/mol. The lowest BCUT2D eigenvalue weighted by Gasteiger charge is -2.05. The number of nitrogens with zero attached hydrogens (tertiary/aromatic N) is 2. The molecule has 0 unspecified atom stereocenters. The molecule has 1 rings (SSSR count). The first-order valence-electron chi connectivity index (χ1n) is 3.75.